The van der Waals surface area contributed by atoms with Crippen molar-refractivity contribution >= 4 is 0 Å². The first-order valence-electron chi connectivity index (χ1n) is 4.23. The molecule has 2 nitrogen and oxygen atoms in total. The van der Waals surface area contributed by atoms with E-state index < -0.39 is 41.8 Å². The van der Waals surface area contributed by atoms with Crippen LogP contribution in [0.5, 0.6) is 5.88 Å². The third-order valence-electron chi connectivity index (χ3n) is 1.76. The quantitative estimate of drug-likeness (QED) is 0.768. The number of hydrogen-bond donors (Lipinski definition) is 0. The van der Waals surface area contributed by atoms with Gasteiger partial charge in [0.1, 0.15) is 0 Å². The summed E-state index contributed by atoms with van der Waals surface area (Å²) in [5, 5.41) is 0. The Balaban J connectivity index is 3.40. The van der Waals surface area contributed by atoms with E-state index in [4.69, 9.17) is 0 Å². The van der Waals surface area contributed by atoms with Crippen LogP contribution in [0.4, 0.5) is 39.5 Å². The average molecular weight is 299 g/mol. The topological polar surface area (TPSA) is 22.1 Å². The first-order valence-corrected chi connectivity index (χ1v) is 4.23. The van der Waals surface area contributed by atoms with Gasteiger partial charge in [-0.1, -0.05) is 0 Å². The maximum Gasteiger partial charge on any atom is 0.574 e. The van der Waals surface area contributed by atoms with Gasteiger partial charge in [0.05, 0.1) is 11.1 Å². The van der Waals surface area contributed by atoms with Crippen LogP contribution in [0, 0.1) is 5.82 Å². The predicted octanol–water partition coefficient (Wildman–Crippen LogP) is 4.08. The van der Waals surface area contributed by atoms with E-state index in [-0.39, 0.29) is 6.20 Å². The van der Waals surface area contributed by atoms with Crippen LogP contribution in [0.15, 0.2) is 6.20 Å². The minimum atomic E-state index is -5.48. The molecule has 0 aliphatic rings. The molecule has 0 N–H and O–H groups in total. The highest BCUT2D eigenvalue weighted by Gasteiger charge is 2.41. The average Bonchev–Trinajstić information content (AvgIpc) is 2.16. The van der Waals surface area contributed by atoms with Crippen LogP contribution in [0.3, 0.4) is 0 Å². The Labute approximate surface area is 98.3 Å². The van der Waals surface area contributed by atoms with E-state index in [1.807, 2.05) is 0 Å². The molecule has 1 aromatic heterocycles. The molecule has 0 aromatic carbocycles. The second-order valence-corrected chi connectivity index (χ2v) is 3.05. The van der Waals surface area contributed by atoms with Crippen LogP contribution in [0.2, 0.25) is 0 Å². The van der Waals surface area contributed by atoms with Crippen molar-refractivity contribution in [3.05, 3.63) is 23.1 Å². The molecule has 19 heavy (non-hydrogen) atoms. The van der Waals surface area contributed by atoms with Gasteiger partial charge < -0.3 is 4.74 Å². The molecule has 0 aliphatic heterocycles. The van der Waals surface area contributed by atoms with Crippen molar-refractivity contribution in [2.75, 3.05) is 0 Å². The van der Waals surface area contributed by atoms with Gasteiger partial charge in [-0.2, -0.15) is 13.2 Å². The van der Waals surface area contributed by atoms with E-state index >= 15 is 0 Å². The van der Waals surface area contributed by atoms with Crippen LogP contribution < -0.4 is 4.74 Å². The Morgan fingerprint density at radius 1 is 1.05 bits per heavy atom. The summed E-state index contributed by atoms with van der Waals surface area (Å²) >= 11 is 0. The molecule has 0 spiro atoms. The van der Waals surface area contributed by atoms with E-state index in [2.05, 4.69) is 9.72 Å². The van der Waals surface area contributed by atoms with Crippen LogP contribution in [0.25, 0.3) is 0 Å². The van der Waals surface area contributed by atoms with Gasteiger partial charge >= 0.3 is 12.5 Å². The summed E-state index contributed by atoms with van der Waals surface area (Å²) in [4.78, 5) is 2.40. The van der Waals surface area contributed by atoms with E-state index in [1.54, 1.807) is 0 Å². The van der Waals surface area contributed by atoms with Crippen molar-refractivity contribution < 1.29 is 44.3 Å². The molecule has 1 heterocycles. The summed E-state index contributed by atoms with van der Waals surface area (Å²) in [5.41, 5.74) is -4.42. The van der Waals surface area contributed by atoms with Gasteiger partial charge in [-0.05, 0) is 0 Å². The lowest BCUT2D eigenvalue weighted by Crippen LogP contribution is -2.21. The van der Waals surface area contributed by atoms with E-state index in [0.717, 1.165) is 0 Å². The number of alkyl halides is 8. The third-order valence-corrected chi connectivity index (χ3v) is 1.76. The molecule has 0 amide bonds. The molecule has 0 saturated carbocycles. The van der Waals surface area contributed by atoms with Crippen molar-refractivity contribution in [1.29, 1.82) is 0 Å². The number of nitrogens with zero attached hydrogens (tertiary/aromatic N) is 1. The highest BCUT2D eigenvalue weighted by atomic mass is 19.4. The number of ether oxygens (including phenoxy) is 1. The van der Waals surface area contributed by atoms with Gasteiger partial charge in [0.15, 0.2) is 5.82 Å². The van der Waals surface area contributed by atoms with Gasteiger partial charge in [0.2, 0.25) is 0 Å². The summed E-state index contributed by atoms with van der Waals surface area (Å²) in [7, 11) is 0. The van der Waals surface area contributed by atoms with Gasteiger partial charge in [0, 0.05) is 6.20 Å². The Morgan fingerprint density at radius 3 is 1.95 bits per heavy atom. The van der Waals surface area contributed by atoms with E-state index in [0.29, 0.717) is 0 Å². The highest BCUT2D eigenvalue weighted by Crippen LogP contribution is 2.39. The molecule has 1 aromatic rings. The van der Waals surface area contributed by atoms with Gasteiger partial charge in [0.25, 0.3) is 12.3 Å². The molecule has 0 fully saturated rings. The highest BCUT2D eigenvalue weighted by molar-refractivity contribution is 5.34. The van der Waals surface area contributed by atoms with Crippen LogP contribution in [-0.2, 0) is 6.18 Å². The number of hydrogen-bond acceptors (Lipinski definition) is 2. The molecule has 0 saturated heterocycles. The second kappa shape index (κ2) is 4.78. The zero-order chi connectivity index (χ0) is 15.0. The largest absolute Gasteiger partial charge is 0.574 e. The Hall–Kier alpha value is -1.68. The summed E-state index contributed by atoms with van der Waals surface area (Å²) in [6, 6.07) is 0. The fourth-order valence-electron chi connectivity index (χ4n) is 1.10. The fraction of sp³-hybridized carbons (Fsp3) is 0.375. The Kier molecular flexibility index (Phi) is 3.87. The molecule has 0 atom stereocenters. The lowest BCUT2D eigenvalue weighted by molar-refractivity contribution is -0.277. The standard InChI is InChI=1S/C8H2F9NO/c9-4-3(5(10)11)2(7(12,13)14)1-18-6(4)19-8(15,16)17/h1,5H. The van der Waals surface area contributed by atoms with Gasteiger partial charge in [-0.15, -0.1) is 13.2 Å². The number of aromatic nitrogens is 1. The molecular weight excluding hydrogens is 297 g/mol. The zero-order valence-corrected chi connectivity index (χ0v) is 8.41. The number of rotatable bonds is 2. The first kappa shape index (κ1) is 15.4. The monoisotopic (exact) mass is 299 g/mol. The van der Waals surface area contributed by atoms with Crippen molar-refractivity contribution in [3.8, 4) is 5.88 Å². The van der Waals surface area contributed by atoms with Crippen molar-refractivity contribution in [1.82, 2.24) is 4.98 Å². The van der Waals surface area contributed by atoms with Crippen molar-refractivity contribution in [3.63, 3.8) is 0 Å². The first-order chi connectivity index (χ1) is 8.43. The normalized spacial score (nSPS) is 12.9. The molecule has 11 heteroatoms. The summed E-state index contributed by atoms with van der Waals surface area (Å²) < 4.78 is 113. The van der Waals surface area contributed by atoms with E-state index in [1.165, 1.54) is 0 Å². The minimum Gasteiger partial charge on any atom is -0.385 e. The maximum atomic E-state index is 13.2. The number of pyridine rings is 1. The van der Waals surface area contributed by atoms with Crippen LogP contribution in [-0.4, -0.2) is 11.3 Å². The summed E-state index contributed by atoms with van der Waals surface area (Å²) in [6.07, 6.45) is -15.2. The third kappa shape index (κ3) is 3.64. The molecule has 0 bridgehead atoms. The summed E-state index contributed by atoms with van der Waals surface area (Å²) in [6.45, 7) is 0. The van der Waals surface area contributed by atoms with Gasteiger partial charge in [-0.25, -0.2) is 18.2 Å². The molecule has 1 rings (SSSR count). The molecule has 0 aliphatic carbocycles. The molecule has 108 valence electrons. The number of halogens is 9. The van der Waals surface area contributed by atoms with Crippen molar-refractivity contribution in [2.24, 2.45) is 0 Å². The lowest BCUT2D eigenvalue weighted by Gasteiger charge is -2.15. The fourth-order valence-corrected chi connectivity index (χ4v) is 1.10. The minimum absolute atomic E-state index is 0.356. The maximum absolute atomic E-state index is 13.2. The molecule has 0 unspecified atom stereocenters. The van der Waals surface area contributed by atoms with E-state index in [9.17, 15) is 39.5 Å². The smallest absolute Gasteiger partial charge is 0.385 e. The SMILES string of the molecule is Fc1c(OC(F)(F)F)ncc(C(F)(F)F)c1C(F)F. The second-order valence-electron chi connectivity index (χ2n) is 3.05. The zero-order valence-electron chi connectivity index (χ0n) is 8.41. The van der Waals surface area contributed by atoms with Gasteiger partial charge in [-0.3, -0.25) is 0 Å². The molecular formula is C8H2F9NO. The lowest BCUT2D eigenvalue weighted by atomic mass is 10.1. The van der Waals surface area contributed by atoms with Crippen LogP contribution >= 0.6 is 0 Å². The Morgan fingerprint density at radius 2 is 1.58 bits per heavy atom. The van der Waals surface area contributed by atoms with Crippen molar-refractivity contribution in [2.45, 2.75) is 19.0 Å². The molecule has 0 radical (unpaired) electrons. The summed E-state index contributed by atoms with van der Waals surface area (Å²) in [5.74, 6) is -4.52. The van der Waals surface area contributed by atoms with Crippen LogP contribution in [0.1, 0.15) is 17.6 Å². The predicted molar refractivity (Wildman–Crippen MR) is 40.8 cm³/mol. The Bertz CT molecular complexity index is 465.